The zero-order valence-corrected chi connectivity index (χ0v) is 12.0. The number of ether oxygens (including phenoxy) is 1. The summed E-state index contributed by atoms with van der Waals surface area (Å²) in [4.78, 5) is 12.4. The van der Waals surface area contributed by atoms with Crippen LogP contribution < -0.4 is 0 Å². The molecule has 19 heavy (non-hydrogen) atoms. The quantitative estimate of drug-likeness (QED) is 0.699. The predicted molar refractivity (Wildman–Crippen MR) is 77.8 cm³/mol. The van der Waals surface area contributed by atoms with Gasteiger partial charge in [-0.25, -0.2) is 0 Å². The molecule has 0 spiro atoms. The van der Waals surface area contributed by atoms with Gasteiger partial charge in [0.05, 0.1) is 5.41 Å². The average molecular weight is 266 g/mol. The van der Waals surface area contributed by atoms with Crippen molar-refractivity contribution < 1.29 is 9.53 Å². The Morgan fingerprint density at radius 1 is 1.11 bits per heavy atom. The van der Waals surface area contributed by atoms with Crippen LogP contribution in [0.3, 0.4) is 0 Å². The molecule has 0 atom stereocenters. The Kier molecular flexibility index (Phi) is 3.75. The molecule has 4 saturated carbocycles. The Bertz CT molecular complexity index is 321. The lowest BCUT2D eigenvalue weighted by atomic mass is 9.54. The van der Waals surface area contributed by atoms with Gasteiger partial charge in [0.15, 0.2) is 0 Å². The zero-order chi connectivity index (χ0) is 13.0. The van der Waals surface area contributed by atoms with Gasteiger partial charge in [-0.15, -0.1) is 0 Å². The van der Waals surface area contributed by atoms with Crippen molar-refractivity contribution in [1.29, 1.82) is 0 Å². The maximum absolute atomic E-state index is 12.4. The predicted octanol–water partition coefficient (Wildman–Crippen LogP) is 4.57. The lowest BCUT2D eigenvalue weighted by Crippen LogP contribution is -2.53. The van der Waals surface area contributed by atoms with Crippen LogP contribution in [0.1, 0.15) is 73.1 Å². The zero-order valence-electron chi connectivity index (χ0n) is 12.0. The molecule has 0 aromatic carbocycles. The van der Waals surface area contributed by atoms with E-state index in [1.807, 2.05) is 13.8 Å². The van der Waals surface area contributed by atoms with Gasteiger partial charge < -0.3 is 4.74 Å². The molecule has 2 heteroatoms. The van der Waals surface area contributed by atoms with E-state index in [2.05, 4.69) is 6.92 Å². The van der Waals surface area contributed by atoms with E-state index in [0.717, 1.165) is 43.4 Å². The van der Waals surface area contributed by atoms with Crippen molar-refractivity contribution in [1.82, 2.24) is 0 Å². The van der Waals surface area contributed by atoms with Gasteiger partial charge in [0.25, 0.3) is 0 Å². The van der Waals surface area contributed by atoms with E-state index in [0.29, 0.717) is 0 Å². The van der Waals surface area contributed by atoms with Crippen LogP contribution in [-0.4, -0.2) is 11.6 Å². The van der Waals surface area contributed by atoms with Gasteiger partial charge in [0.1, 0.15) is 5.60 Å². The normalized spacial score (nSPS) is 39.8. The Balaban J connectivity index is 0.00000133. The van der Waals surface area contributed by atoms with E-state index in [-0.39, 0.29) is 24.4 Å². The van der Waals surface area contributed by atoms with Crippen molar-refractivity contribution in [2.75, 3.05) is 0 Å². The van der Waals surface area contributed by atoms with E-state index in [4.69, 9.17) is 4.74 Å². The molecular formula is C17H30O2. The summed E-state index contributed by atoms with van der Waals surface area (Å²) in [6.07, 6.45) is 8.48. The van der Waals surface area contributed by atoms with Crippen molar-refractivity contribution in [3.8, 4) is 0 Å². The molecule has 4 rings (SSSR count). The van der Waals surface area contributed by atoms with Crippen molar-refractivity contribution in [3.05, 3.63) is 0 Å². The molecule has 4 aliphatic carbocycles. The number of carbonyl (C=O) groups is 1. The third-order valence-corrected chi connectivity index (χ3v) is 5.73. The summed E-state index contributed by atoms with van der Waals surface area (Å²) in [6, 6.07) is 0. The molecule has 0 amide bonds. The maximum Gasteiger partial charge on any atom is 0.312 e. The first-order valence-electron chi connectivity index (χ1n) is 7.66. The van der Waals surface area contributed by atoms with E-state index in [1.54, 1.807) is 0 Å². The summed E-state index contributed by atoms with van der Waals surface area (Å²) in [5.74, 6) is 2.56. The van der Waals surface area contributed by atoms with Crippen LogP contribution in [0, 0.1) is 23.2 Å². The van der Waals surface area contributed by atoms with Gasteiger partial charge in [0, 0.05) is 0 Å². The van der Waals surface area contributed by atoms with E-state index in [1.165, 1.54) is 19.3 Å². The lowest BCUT2D eigenvalue weighted by molar-refractivity contribution is -0.195. The minimum Gasteiger partial charge on any atom is -0.459 e. The molecule has 4 aliphatic rings. The molecule has 0 unspecified atom stereocenters. The van der Waals surface area contributed by atoms with E-state index >= 15 is 0 Å². The molecule has 0 heterocycles. The van der Waals surface area contributed by atoms with E-state index < -0.39 is 0 Å². The highest BCUT2D eigenvalue weighted by atomic mass is 16.6. The maximum atomic E-state index is 12.4. The second kappa shape index (κ2) is 4.79. The number of hydrogen-bond acceptors (Lipinski definition) is 2. The second-order valence-electron chi connectivity index (χ2n) is 7.73. The van der Waals surface area contributed by atoms with Crippen molar-refractivity contribution >= 4 is 5.97 Å². The first-order chi connectivity index (χ1) is 8.42. The third-order valence-electron chi connectivity index (χ3n) is 5.73. The molecular weight excluding hydrogens is 236 g/mol. The molecule has 0 radical (unpaired) electrons. The Hall–Kier alpha value is -0.530. The fourth-order valence-electron chi connectivity index (χ4n) is 4.64. The molecule has 4 bridgehead atoms. The Morgan fingerprint density at radius 3 is 1.89 bits per heavy atom. The van der Waals surface area contributed by atoms with Crippen LogP contribution in [0.4, 0.5) is 0 Å². The van der Waals surface area contributed by atoms with Crippen molar-refractivity contribution in [2.24, 2.45) is 23.2 Å². The fourth-order valence-corrected chi connectivity index (χ4v) is 4.64. The summed E-state index contributed by atoms with van der Waals surface area (Å²) in [5, 5.41) is 0. The Labute approximate surface area is 118 Å². The monoisotopic (exact) mass is 266 g/mol. The first kappa shape index (κ1) is 14.9. The molecule has 0 saturated heterocycles. The summed E-state index contributed by atoms with van der Waals surface area (Å²) in [7, 11) is 0. The molecule has 0 aromatic rings. The average Bonchev–Trinajstić information content (AvgIpc) is 2.26. The molecule has 0 N–H and O–H groups in total. The summed E-state index contributed by atoms with van der Waals surface area (Å²) in [6.45, 7) is 6.09. The number of carbonyl (C=O) groups excluding carboxylic acids is 1. The minimum absolute atomic E-state index is 0. The highest BCUT2D eigenvalue weighted by Crippen LogP contribution is 2.57. The summed E-state index contributed by atoms with van der Waals surface area (Å²) in [5.41, 5.74) is -0.387. The van der Waals surface area contributed by atoms with Crippen LogP contribution in [0.2, 0.25) is 0 Å². The lowest BCUT2D eigenvalue weighted by Gasteiger charge is -2.56. The largest absolute Gasteiger partial charge is 0.459 e. The number of rotatable bonds is 3. The van der Waals surface area contributed by atoms with Crippen LogP contribution in [0.15, 0.2) is 0 Å². The van der Waals surface area contributed by atoms with Crippen LogP contribution in [0.25, 0.3) is 0 Å². The molecule has 0 aliphatic heterocycles. The fraction of sp³-hybridized carbons (Fsp3) is 0.941. The third kappa shape index (κ3) is 2.55. The molecule has 2 nitrogen and oxygen atoms in total. The van der Waals surface area contributed by atoms with Gasteiger partial charge in [0.2, 0.25) is 0 Å². The first-order valence-corrected chi connectivity index (χ1v) is 7.66. The highest BCUT2D eigenvalue weighted by Gasteiger charge is 2.53. The highest BCUT2D eigenvalue weighted by molar-refractivity contribution is 5.76. The molecule has 110 valence electrons. The van der Waals surface area contributed by atoms with Gasteiger partial charge >= 0.3 is 5.97 Å². The van der Waals surface area contributed by atoms with Gasteiger partial charge in [-0.2, -0.15) is 0 Å². The minimum atomic E-state index is -0.316. The van der Waals surface area contributed by atoms with Crippen molar-refractivity contribution in [2.45, 2.75) is 78.7 Å². The van der Waals surface area contributed by atoms with Gasteiger partial charge in [-0.05, 0) is 76.5 Å². The molecule has 0 aromatic heterocycles. The van der Waals surface area contributed by atoms with Crippen LogP contribution >= 0.6 is 0 Å². The SMILES string of the molecule is C.CCC(C)(C)C(=O)OC12CC3CC(CC(C3)C1)C2. The van der Waals surface area contributed by atoms with Gasteiger partial charge in [-0.1, -0.05) is 14.4 Å². The van der Waals surface area contributed by atoms with Crippen LogP contribution in [-0.2, 0) is 9.53 Å². The summed E-state index contributed by atoms with van der Waals surface area (Å²) >= 11 is 0. The van der Waals surface area contributed by atoms with E-state index in [9.17, 15) is 4.79 Å². The summed E-state index contributed by atoms with van der Waals surface area (Å²) < 4.78 is 6.07. The topological polar surface area (TPSA) is 26.3 Å². The van der Waals surface area contributed by atoms with Crippen molar-refractivity contribution in [3.63, 3.8) is 0 Å². The van der Waals surface area contributed by atoms with Gasteiger partial charge in [-0.3, -0.25) is 4.79 Å². The van der Waals surface area contributed by atoms with Crippen LogP contribution in [0.5, 0.6) is 0 Å². The molecule has 4 fully saturated rings. The smallest absolute Gasteiger partial charge is 0.312 e. The second-order valence-corrected chi connectivity index (χ2v) is 7.73. The number of esters is 1. The number of hydrogen-bond donors (Lipinski definition) is 0. The Morgan fingerprint density at radius 2 is 1.53 bits per heavy atom. The standard InChI is InChI=1S/C16H26O2.CH4/c1-4-15(2,3)14(17)18-16-8-11-5-12(9-16)7-13(6-11)10-16;/h11-13H,4-10H2,1-3H3;1H4.